The van der Waals surface area contributed by atoms with Gasteiger partial charge in [-0.05, 0) is 52.9 Å². The Morgan fingerprint density at radius 3 is 2.86 bits per heavy atom. The number of carbonyl (C=O) groups excluding carboxylic acids is 1. The molecule has 0 saturated carbocycles. The molecule has 1 unspecified atom stereocenters. The Balaban J connectivity index is 1.17. The van der Waals surface area contributed by atoms with Gasteiger partial charge in [0.1, 0.15) is 0 Å². The standard InChI is InChI=1S/C24H24N2O3/c27-24(25-13-17-8-9-22-23(12-17)29-16-28-22)15-26-11-10-19(14-26)21-7-3-5-18-4-1-2-6-20(18)21/h1-9,12,19H,10-11,13-16H2,(H,25,27). The molecule has 148 valence electrons. The molecule has 1 atom stereocenters. The molecule has 29 heavy (non-hydrogen) atoms. The normalized spacial score (nSPS) is 18.3. The topological polar surface area (TPSA) is 50.8 Å². The Morgan fingerprint density at radius 2 is 1.90 bits per heavy atom. The molecule has 1 fully saturated rings. The zero-order chi connectivity index (χ0) is 19.6. The van der Waals surface area contributed by atoms with Crippen LogP contribution in [0, 0.1) is 0 Å². The van der Waals surface area contributed by atoms with Crippen molar-refractivity contribution in [2.24, 2.45) is 0 Å². The summed E-state index contributed by atoms with van der Waals surface area (Å²) in [5.41, 5.74) is 2.41. The van der Waals surface area contributed by atoms with Crippen molar-refractivity contribution in [3.8, 4) is 11.5 Å². The van der Waals surface area contributed by atoms with Gasteiger partial charge in [0.15, 0.2) is 11.5 Å². The molecule has 1 saturated heterocycles. The van der Waals surface area contributed by atoms with E-state index in [1.807, 2.05) is 18.2 Å². The largest absolute Gasteiger partial charge is 0.454 e. The van der Waals surface area contributed by atoms with Crippen LogP contribution in [0.4, 0.5) is 0 Å². The van der Waals surface area contributed by atoms with Crippen LogP contribution in [0.25, 0.3) is 10.8 Å². The van der Waals surface area contributed by atoms with E-state index in [2.05, 4.69) is 52.7 Å². The van der Waals surface area contributed by atoms with E-state index in [4.69, 9.17) is 9.47 Å². The number of hydrogen-bond donors (Lipinski definition) is 1. The van der Waals surface area contributed by atoms with Crippen LogP contribution >= 0.6 is 0 Å². The van der Waals surface area contributed by atoms with Crippen LogP contribution in [0.15, 0.2) is 60.7 Å². The molecular weight excluding hydrogens is 364 g/mol. The van der Waals surface area contributed by atoms with E-state index in [1.165, 1.54) is 16.3 Å². The molecule has 0 radical (unpaired) electrons. The first-order chi connectivity index (χ1) is 14.3. The van der Waals surface area contributed by atoms with E-state index in [-0.39, 0.29) is 12.7 Å². The van der Waals surface area contributed by atoms with Crippen LogP contribution in [-0.2, 0) is 11.3 Å². The first-order valence-corrected chi connectivity index (χ1v) is 10.1. The monoisotopic (exact) mass is 388 g/mol. The zero-order valence-corrected chi connectivity index (χ0v) is 16.3. The van der Waals surface area contributed by atoms with Gasteiger partial charge in [-0.15, -0.1) is 0 Å². The Kier molecular flexibility index (Phi) is 4.82. The van der Waals surface area contributed by atoms with Gasteiger partial charge in [0.2, 0.25) is 12.7 Å². The van der Waals surface area contributed by atoms with Gasteiger partial charge < -0.3 is 14.8 Å². The SMILES string of the molecule is O=C(CN1CCC(c2cccc3ccccc23)C1)NCc1ccc2c(c1)OCO2. The molecule has 2 aliphatic heterocycles. The lowest BCUT2D eigenvalue weighted by Gasteiger charge is -2.17. The van der Waals surface area contributed by atoms with Crippen molar-refractivity contribution >= 4 is 16.7 Å². The average molecular weight is 388 g/mol. The second kappa shape index (κ2) is 7.76. The molecule has 0 spiro atoms. The molecule has 2 heterocycles. The summed E-state index contributed by atoms with van der Waals surface area (Å²) in [7, 11) is 0. The second-order valence-corrected chi connectivity index (χ2v) is 7.75. The number of benzene rings is 3. The zero-order valence-electron chi connectivity index (χ0n) is 16.3. The fraction of sp³-hybridized carbons (Fsp3) is 0.292. The first kappa shape index (κ1) is 18.0. The number of nitrogens with zero attached hydrogens (tertiary/aromatic N) is 1. The van der Waals surface area contributed by atoms with E-state index in [1.54, 1.807) is 0 Å². The van der Waals surface area contributed by atoms with Gasteiger partial charge in [0, 0.05) is 13.1 Å². The van der Waals surface area contributed by atoms with E-state index >= 15 is 0 Å². The van der Waals surface area contributed by atoms with Gasteiger partial charge >= 0.3 is 0 Å². The van der Waals surface area contributed by atoms with Gasteiger partial charge in [0.05, 0.1) is 6.54 Å². The Labute approximate surface area is 170 Å². The summed E-state index contributed by atoms with van der Waals surface area (Å²) in [6.07, 6.45) is 1.09. The summed E-state index contributed by atoms with van der Waals surface area (Å²) < 4.78 is 10.7. The van der Waals surface area contributed by atoms with Gasteiger partial charge in [-0.25, -0.2) is 0 Å². The van der Waals surface area contributed by atoms with Gasteiger partial charge in [-0.1, -0.05) is 48.5 Å². The third-order valence-electron chi connectivity index (χ3n) is 5.83. The van der Waals surface area contributed by atoms with Crippen molar-refractivity contribution < 1.29 is 14.3 Å². The number of hydrogen-bond acceptors (Lipinski definition) is 4. The molecule has 3 aromatic rings. The highest BCUT2D eigenvalue weighted by molar-refractivity contribution is 5.86. The highest BCUT2D eigenvalue weighted by Crippen LogP contribution is 2.33. The highest BCUT2D eigenvalue weighted by Gasteiger charge is 2.26. The number of fused-ring (bicyclic) bond motifs is 2. The van der Waals surface area contributed by atoms with Gasteiger partial charge in [0.25, 0.3) is 0 Å². The van der Waals surface area contributed by atoms with Crippen LogP contribution in [0.1, 0.15) is 23.5 Å². The van der Waals surface area contributed by atoms with E-state index in [9.17, 15) is 4.79 Å². The maximum atomic E-state index is 12.5. The molecule has 1 N–H and O–H groups in total. The summed E-state index contributed by atoms with van der Waals surface area (Å²) in [6, 6.07) is 20.8. The number of nitrogens with one attached hydrogen (secondary N) is 1. The maximum absolute atomic E-state index is 12.5. The summed E-state index contributed by atoms with van der Waals surface area (Å²) in [6.45, 7) is 3.07. The Hall–Kier alpha value is -3.05. The lowest BCUT2D eigenvalue weighted by atomic mass is 9.93. The predicted molar refractivity (Wildman–Crippen MR) is 112 cm³/mol. The van der Waals surface area contributed by atoms with E-state index in [0.29, 0.717) is 19.0 Å². The molecule has 5 nitrogen and oxygen atoms in total. The number of rotatable bonds is 5. The molecule has 0 aliphatic carbocycles. The number of carbonyl (C=O) groups is 1. The minimum atomic E-state index is 0.0567. The van der Waals surface area contributed by atoms with Gasteiger partial charge in [-0.2, -0.15) is 0 Å². The lowest BCUT2D eigenvalue weighted by molar-refractivity contribution is -0.122. The number of amides is 1. The van der Waals surface area contributed by atoms with Crippen LogP contribution in [-0.4, -0.2) is 37.2 Å². The van der Waals surface area contributed by atoms with Crippen molar-refractivity contribution in [2.45, 2.75) is 18.9 Å². The fourth-order valence-corrected chi connectivity index (χ4v) is 4.35. The summed E-state index contributed by atoms with van der Waals surface area (Å²) in [5.74, 6) is 2.04. The second-order valence-electron chi connectivity index (χ2n) is 7.75. The Morgan fingerprint density at radius 1 is 1.03 bits per heavy atom. The van der Waals surface area contributed by atoms with Gasteiger partial charge in [-0.3, -0.25) is 9.69 Å². The van der Waals surface area contributed by atoms with Crippen molar-refractivity contribution in [1.82, 2.24) is 10.2 Å². The minimum absolute atomic E-state index is 0.0567. The van der Waals surface area contributed by atoms with Crippen LogP contribution in [0.3, 0.4) is 0 Å². The van der Waals surface area contributed by atoms with Crippen molar-refractivity contribution in [3.63, 3.8) is 0 Å². The smallest absolute Gasteiger partial charge is 0.234 e. The predicted octanol–water partition coefficient (Wildman–Crippen LogP) is 3.67. The fourth-order valence-electron chi connectivity index (χ4n) is 4.35. The quantitative estimate of drug-likeness (QED) is 0.725. The number of ether oxygens (including phenoxy) is 2. The van der Waals surface area contributed by atoms with Crippen LogP contribution < -0.4 is 14.8 Å². The molecule has 3 aromatic carbocycles. The van der Waals surface area contributed by atoms with Crippen LogP contribution in [0.5, 0.6) is 11.5 Å². The average Bonchev–Trinajstić information content (AvgIpc) is 3.41. The van der Waals surface area contributed by atoms with E-state index in [0.717, 1.165) is 36.6 Å². The molecule has 0 aromatic heterocycles. The first-order valence-electron chi connectivity index (χ1n) is 10.1. The third-order valence-corrected chi connectivity index (χ3v) is 5.83. The molecule has 2 aliphatic rings. The van der Waals surface area contributed by atoms with Crippen LogP contribution in [0.2, 0.25) is 0 Å². The molecule has 5 heteroatoms. The molecule has 5 rings (SSSR count). The molecule has 1 amide bonds. The Bertz CT molecular complexity index is 1040. The highest BCUT2D eigenvalue weighted by atomic mass is 16.7. The van der Waals surface area contributed by atoms with Crippen molar-refractivity contribution in [1.29, 1.82) is 0 Å². The summed E-state index contributed by atoms with van der Waals surface area (Å²) >= 11 is 0. The molecular formula is C24H24N2O3. The van der Waals surface area contributed by atoms with Crippen molar-refractivity contribution in [3.05, 3.63) is 71.8 Å². The number of likely N-dealkylation sites (tertiary alicyclic amines) is 1. The summed E-state index contributed by atoms with van der Waals surface area (Å²) in [5, 5.41) is 5.63. The molecule has 0 bridgehead atoms. The van der Waals surface area contributed by atoms with E-state index < -0.39 is 0 Å². The minimum Gasteiger partial charge on any atom is -0.454 e. The maximum Gasteiger partial charge on any atom is 0.234 e. The van der Waals surface area contributed by atoms with Crippen molar-refractivity contribution in [2.75, 3.05) is 26.4 Å². The third kappa shape index (κ3) is 3.78. The summed E-state index contributed by atoms with van der Waals surface area (Å²) in [4.78, 5) is 14.7. The lowest BCUT2D eigenvalue weighted by Crippen LogP contribution is -2.35.